The van der Waals surface area contributed by atoms with Gasteiger partial charge in [-0.15, -0.1) is 6.58 Å². The summed E-state index contributed by atoms with van der Waals surface area (Å²) in [7, 11) is 1.50. The van der Waals surface area contributed by atoms with Crippen LogP contribution in [0.1, 0.15) is 18.0 Å². The predicted molar refractivity (Wildman–Crippen MR) is 64.1 cm³/mol. The Bertz CT molecular complexity index is 366. The van der Waals surface area contributed by atoms with E-state index in [2.05, 4.69) is 22.5 Å². The lowest BCUT2D eigenvalue weighted by atomic mass is 10.0. The highest BCUT2D eigenvalue weighted by Gasteiger charge is 2.12. The highest BCUT2D eigenvalue weighted by molar-refractivity contribution is 9.10. The monoisotopic (exact) mass is 271 g/mol. The van der Waals surface area contributed by atoms with E-state index >= 15 is 0 Å². The molecule has 3 nitrogen and oxygen atoms in total. The van der Waals surface area contributed by atoms with Crippen LogP contribution in [0.5, 0.6) is 11.5 Å². The predicted octanol–water partition coefficient (Wildman–Crippen LogP) is 2.74. The minimum absolute atomic E-state index is 0.0899. The Labute approximate surface area is 97.7 Å². The molecule has 15 heavy (non-hydrogen) atoms. The summed E-state index contributed by atoms with van der Waals surface area (Å²) in [6.45, 7) is 3.64. The van der Waals surface area contributed by atoms with Crippen molar-refractivity contribution in [2.24, 2.45) is 5.73 Å². The molecule has 0 radical (unpaired) electrons. The van der Waals surface area contributed by atoms with Gasteiger partial charge in [0.1, 0.15) is 0 Å². The zero-order chi connectivity index (χ0) is 11.4. The first-order valence-electron chi connectivity index (χ1n) is 4.53. The van der Waals surface area contributed by atoms with E-state index in [0.29, 0.717) is 16.6 Å². The molecule has 0 aliphatic heterocycles. The molecule has 0 bridgehead atoms. The SMILES string of the molecule is C=CC[C@@H](N)c1cc(Br)c(O)c(OC)c1. The minimum Gasteiger partial charge on any atom is -0.503 e. The van der Waals surface area contributed by atoms with Crippen LogP contribution >= 0.6 is 15.9 Å². The number of phenols is 1. The fraction of sp³-hybridized carbons (Fsp3) is 0.273. The summed E-state index contributed by atoms with van der Waals surface area (Å²) in [6.07, 6.45) is 2.44. The molecule has 0 unspecified atom stereocenters. The van der Waals surface area contributed by atoms with Crippen molar-refractivity contribution in [3.8, 4) is 11.5 Å². The minimum atomic E-state index is -0.131. The van der Waals surface area contributed by atoms with E-state index in [-0.39, 0.29) is 11.8 Å². The van der Waals surface area contributed by atoms with Gasteiger partial charge in [-0.3, -0.25) is 0 Å². The summed E-state index contributed by atoms with van der Waals surface area (Å²) < 4.78 is 5.61. The number of methoxy groups -OCH3 is 1. The van der Waals surface area contributed by atoms with Gasteiger partial charge in [0.05, 0.1) is 11.6 Å². The number of nitrogens with two attached hydrogens (primary N) is 1. The number of phenolic OH excluding ortho intramolecular Hbond substituents is 1. The fourth-order valence-corrected chi connectivity index (χ4v) is 1.74. The maximum atomic E-state index is 9.60. The Morgan fingerprint density at radius 2 is 2.33 bits per heavy atom. The molecule has 0 spiro atoms. The normalized spacial score (nSPS) is 12.2. The van der Waals surface area contributed by atoms with Crippen molar-refractivity contribution in [3.63, 3.8) is 0 Å². The molecule has 1 aromatic rings. The number of ether oxygens (including phenoxy) is 1. The van der Waals surface area contributed by atoms with E-state index in [9.17, 15) is 5.11 Å². The molecule has 0 heterocycles. The Hall–Kier alpha value is -1.00. The van der Waals surface area contributed by atoms with E-state index in [1.165, 1.54) is 7.11 Å². The summed E-state index contributed by atoms with van der Waals surface area (Å²) in [4.78, 5) is 0. The van der Waals surface area contributed by atoms with Crippen molar-refractivity contribution in [1.82, 2.24) is 0 Å². The standard InChI is InChI=1S/C11H14BrNO2/c1-3-4-9(13)7-5-8(12)11(14)10(6-7)15-2/h3,5-6,9,14H,1,4,13H2,2H3/t9-/m1/s1. The molecule has 1 aromatic carbocycles. The zero-order valence-electron chi connectivity index (χ0n) is 8.53. The molecule has 1 rings (SSSR count). The molecule has 0 amide bonds. The van der Waals surface area contributed by atoms with Crippen LogP contribution in [0.25, 0.3) is 0 Å². The summed E-state index contributed by atoms with van der Waals surface area (Å²) in [5.41, 5.74) is 6.82. The molecule has 0 aliphatic carbocycles. The largest absolute Gasteiger partial charge is 0.503 e. The van der Waals surface area contributed by atoms with Gasteiger partial charge in [0.2, 0.25) is 0 Å². The second-order valence-electron chi connectivity index (χ2n) is 3.18. The number of aromatic hydroxyl groups is 1. The van der Waals surface area contributed by atoms with Crippen LogP contribution in [-0.4, -0.2) is 12.2 Å². The number of halogens is 1. The highest BCUT2D eigenvalue weighted by Crippen LogP contribution is 2.36. The molecule has 3 N–H and O–H groups in total. The summed E-state index contributed by atoms with van der Waals surface area (Å²) in [5, 5.41) is 9.60. The summed E-state index contributed by atoms with van der Waals surface area (Å²) in [6, 6.07) is 3.38. The molecule has 1 atom stereocenters. The van der Waals surface area contributed by atoms with Crippen LogP contribution in [-0.2, 0) is 0 Å². The number of benzene rings is 1. The molecule has 4 heteroatoms. The van der Waals surface area contributed by atoms with E-state index in [0.717, 1.165) is 5.56 Å². The molecule has 82 valence electrons. The van der Waals surface area contributed by atoms with Gasteiger partial charge in [-0.05, 0) is 40.0 Å². The van der Waals surface area contributed by atoms with Crippen molar-refractivity contribution in [1.29, 1.82) is 0 Å². The van der Waals surface area contributed by atoms with Gasteiger partial charge in [0.15, 0.2) is 11.5 Å². The second kappa shape index (κ2) is 5.19. The quantitative estimate of drug-likeness (QED) is 0.828. The first kappa shape index (κ1) is 12.1. The average molecular weight is 272 g/mol. The zero-order valence-corrected chi connectivity index (χ0v) is 10.1. The topological polar surface area (TPSA) is 55.5 Å². The van der Waals surface area contributed by atoms with E-state index in [1.807, 2.05) is 0 Å². The highest BCUT2D eigenvalue weighted by atomic mass is 79.9. The number of hydrogen-bond donors (Lipinski definition) is 2. The van der Waals surface area contributed by atoms with E-state index in [4.69, 9.17) is 10.5 Å². The van der Waals surface area contributed by atoms with Crippen LogP contribution in [0.4, 0.5) is 0 Å². The third-order valence-corrected chi connectivity index (χ3v) is 2.72. The number of hydrogen-bond acceptors (Lipinski definition) is 3. The lowest BCUT2D eigenvalue weighted by Crippen LogP contribution is -2.09. The lowest BCUT2D eigenvalue weighted by Gasteiger charge is -2.13. The first-order chi connectivity index (χ1) is 7.10. The van der Waals surface area contributed by atoms with Crippen LogP contribution in [0.2, 0.25) is 0 Å². The lowest BCUT2D eigenvalue weighted by molar-refractivity contribution is 0.371. The van der Waals surface area contributed by atoms with Gasteiger partial charge >= 0.3 is 0 Å². The van der Waals surface area contributed by atoms with Crippen LogP contribution in [0.15, 0.2) is 29.3 Å². The Morgan fingerprint density at radius 1 is 1.67 bits per heavy atom. The van der Waals surface area contributed by atoms with Gasteiger partial charge < -0.3 is 15.6 Å². The molecule has 0 aromatic heterocycles. The van der Waals surface area contributed by atoms with Crippen molar-refractivity contribution >= 4 is 15.9 Å². The van der Waals surface area contributed by atoms with Crippen molar-refractivity contribution < 1.29 is 9.84 Å². The van der Waals surface area contributed by atoms with E-state index in [1.54, 1.807) is 18.2 Å². The molecular weight excluding hydrogens is 258 g/mol. The fourth-order valence-electron chi connectivity index (χ4n) is 1.28. The van der Waals surface area contributed by atoms with Gasteiger partial charge in [-0.25, -0.2) is 0 Å². The van der Waals surface area contributed by atoms with Crippen LogP contribution in [0, 0.1) is 0 Å². The first-order valence-corrected chi connectivity index (χ1v) is 5.32. The molecule has 0 saturated carbocycles. The Kier molecular flexibility index (Phi) is 4.17. The molecule has 0 saturated heterocycles. The molecular formula is C11H14BrNO2. The van der Waals surface area contributed by atoms with Crippen molar-refractivity contribution in [3.05, 3.63) is 34.8 Å². The summed E-state index contributed by atoms with van der Waals surface area (Å²) >= 11 is 3.25. The average Bonchev–Trinajstić information content (AvgIpc) is 2.22. The third kappa shape index (κ3) is 2.73. The van der Waals surface area contributed by atoms with Gasteiger partial charge in [-0.2, -0.15) is 0 Å². The van der Waals surface area contributed by atoms with Gasteiger partial charge in [0, 0.05) is 6.04 Å². The van der Waals surface area contributed by atoms with Crippen molar-refractivity contribution in [2.45, 2.75) is 12.5 Å². The van der Waals surface area contributed by atoms with Crippen molar-refractivity contribution in [2.75, 3.05) is 7.11 Å². The maximum absolute atomic E-state index is 9.60. The second-order valence-corrected chi connectivity index (χ2v) is 4.04. The molecule has 0 fully saturated rings. The van der Waals surface area contributed by atoms with Gasteiger partial charge in [-0.1, -0.05) is 6.08 Å². The Morgan fingerprint density at radius 3 is 2.87 bits per heavy atom. The smallest absolute Gasteiger partial charge is 0.172 e. The summed E-state index contributed by atoms with van der Waals surface area (Å²) in [5.74, 6) is 0.506. The maximum Gasteiger partial charge on any atom is 0.172 e. The number of rotatable bonds is 4. The van der Waals surface area contributed by atoms with Gasteiger partial charge in [0.25, 0.3) is 0 Å². The van der Waals surface area contributed by atoms with E-state index < -0.39 is 0 Å². The van der Waals surface area contributed by atoms with Crippen LogP contribution in [0.3, 0.4) is 0 Å². The van der Waals surface area contributed by atoms with Crippen LogP contribution < -0.4 is 10.5 Å². The molecule has 0 aliphatic rings. The third-order valence-electron chi connectivity index (χ3n) is 2.12. The Balaban J connectivity index is 3.10.